The maximum Gasteiger partial charge on any atom is 0.138 e. The van der Waals surface area contributed by atoms with E-state index < -0.39 is 0 Å². The topological polar surface area (TPSA) is 24.5 Å². The Kier molecular flexibility index (Phi) is 6.11. The van der Waals surface area contributed by atoms with E-state index in [2.05, 4.69) is 10.2 Å². The Labute approximate surface area is 136 Å². The number of halogens is 3. The normalized spacial score (nSPS) is 25.2. The third-order valence-electron chi connectivity index (χ3n) is 4.31. The summed E-state index contributed by atoms with van der Waals surface area (Å²) in [6, 6.07) is 5.57. The molecular weight excluding hydrogens is 314 g/mol. The molecule has 0 aliphatic carbocycles. The van der Waals surface area contributed by atoms with Crippen LogP contribution < -0.4 is 10.1 Å². The Hall–Kier alpha value is -0.550. The molecule has 1 N–H and O–H groups in total. The number of hydrogen-bond donors (Lipinski definition) is 1. The SMILES string of the molecule is Cl.Fc1ccc(OCCN2C3CCNCC2CC3)c(Cl)c1. The van der Waals surface area contributed by atoms with Gasteiger partial charge in [-0.1, -0.05) is 11.6 Å². The molecule has 6 heteroatoms. The van der Waals surface area contributed by atoms with E-state index in [0.29, 0.717) is 29.5 Å². The van der Waals surface area contributed by atoms with Crippen molar-refractivity contribution in [1.82, 2.24) is 10.2 Å². The standard InChI is InChI=1S/C15H20ClFN2O.ClH/c16-14-9-11(17)1-4-15(14)20-8-7-19-12-2-3-13(19)10-18-6-5-12;/h1,4,9,12-13,18H,2-3,5-8,10H2;1H. The van der Waals surface area contributed by atoms with E-state index in [1.807, 2.05) is 0 Å². The van der Waals surface area contributed by atoms with Crippen molar-refractivity contribution in [2.75, 3.05) is 26.2 Å². The summed E-state index contributed by atoms with van der Waals surface area (Å²) in [6.45, 7) is 3.69. The highest BCUT2D eigenvalue weighted by molar-refractivity contribution is 6.32. The number of hydrogen-bond acceptors (Lipinski definition) is 3. The van der Waals surface area contributed by atoms with E-state index in [4.69, 9.17) is 16.3 Å². The number of ether oxygens (including phenoxy) is 1. The van der Waals surface area contributed by atoms with Gasteiger partial charge in [0.1, 0.15) is 18.2 Å². The number of benzene rings is 1. The molecule has 2 aliphatic rings. The highest BCUT2D eigenvalue weighted by Crippen LogP contribution is 2.28. The number of nitrogens with one attached hydrogen (secondary N) is 1. The minimum atomic E-state index is -0.334. The van der Waals surface area contributed by atoms with E-state index in [1.54, 1.807) is 6.07 Å². The zero-order valence-corrected chi connectivity index (χ0v) is 13.4. The smallest absolute Gasteiger partial charge is 0.138 e. The monoisotopic (exact) mass is 334 g/mol. The van der Waals surface area contributed by atoms with Crippen LogP contribution in [0.25, 0.3) is 0 Å². The van der Waals surface area contributed by atoms with Gasteiger partial charge >= 0.3 is 0 Å². The van der Waals surface area contributed by atoms with Crippen LogP contribution in [0.4, 0.5) is 4.39 Å². The van der Waals surface area contributed by atoms with Crippen molar-refractivity contribution < 1.29 is 9.13 Å². The molecule has 3 rings (SSSR count). The zero-order chi connectivity index (χ0) is 13.9. The highest BCUT2D eigenvalue weighted by atomic mass is 35.5. The Bertz CT molecular complexity index is 461. The number of fused-ring (bicyclic) bond motifs is 2. The van der Waals surface area contributed by atoms with Crippen LogP contribution in [-0.2, 0) is 0 Å². The molecule has 0 aromatic heterocycles. The van der Waals surface area contributed by atoms with Gasteiger partial charge in [0.25, 0.3) is 0 Å². The van der Waals surface area contributed by atoms with Gasteiger partial charge in [-0.25, -0.2) is 4.39 Å². The second-order valence-electron chi connectivity index (χ2n) is 5.54. The molecule has 21 heavy (non-hydrogen) atoms. The lowest BCUT2D eigenvalue weighted by molar-refractivity contribution is 0.162. The van der Waals surface area contributed by atoms with Crippen LogP contribution in [-0.4, -0.2) is 43.2 Å². The highest BCUT2D eigenvalue weighted by Gasteiger charge is 2.34. The summed E-state index contributed by atoms with van der Waals surface area (Å²) in [5, 5.41) is 3.83. The molecule has 0 spiro atoms. The van der Waals surface area contributed by atoms with Crippen molar-refractivity contribution in [2.24, 2.45) is 0 Å². The third-order valence-corrected chi connectivity index (χ3v) is 4.60. The summed E-state index contributed by atoms with van der Waals surface area (Å²) < 4.78 is 18.7. The predicted octanol–water partition coefficient (Wildman–Crippen LogP) is 3.11. The second kappa shape index (κ2) is 7.63. The molecule has 2 atom stereocenters. The molecule has 3 nitrogen and oxygen atoms in total. The van der Waals surface area contributed by atoms with Gasteiger partial charge in [-0.05, 0) is 44.0 Å². The van der Waals surface area contributed by atoms with Crippen LogP contribution >= 0.6 is 24.0 Å². The van der Waals surface area contributed by atoms with Crippen molar-refractivity contribution in [3.8, 4) is 5.75 Å². The molecule has 1 aromatic carbocycles. The van der Waals surface area contributed by atoms with Crippen molar-refractivity contribution >= 4 is 24.0 Å². The van der Waals surface area contributed by atoms with Crippen LogP contribution in [0.15, 0.2) is 18.2 Å². The van der Waals surface area contributed by atoms with Gasteiger partial charge in [0.15, 0.2) is 0 Å². The molecule has 2 unspecified atom stereocenters. The maximum atomic E-state index is 13.0. The van der Waals surface area contributed by atoms with Gasteiger partial charge in [-0.2, -0.15) is 0 Å². The van der Waals surface area contributed by atoms with E-state index in [9.17, 15) is 4.39 Å². The van der Waals surface area contributed by atoms with Gasteiger partial charge in [0, 0.05) is 25.2 Å². The first-order valence-electron chi connectivity index (χ1n) is 7.28. The summed E-state index contributed by atoms with van der Waals surface area (Å²) in [6.07, 6.45) is 3.78. The van der Waals surface area contributed by atoms with E-state index >= 15 is 0 Å². The fourth-order valence-electron chi connectivity index (χ4n) is 3.30. The van der Waals surface area contributed by atoms with Crippen molar-refractivity contribution in [2.45, 2.75) is 31.3 Å². The predicted molar refractivity (Wildman–Crippen MR) is 85.2 cm³/mol. The third kappa shape index (κ3) is 4.01. The molecule has 0 amide bonds. The molecule has 0 radical (unpaired) electrons. The molecule has 2 saturated heterocycles. The van der Waals surface area contributed by atoms with Crippen molar-refractivity contribution in [3.63, 3.8) is 0 Å². The Morgan fingerprint density at radius 1 is 1.29 bits per heavy atom. The lowest BCUT2D eigenvalue weighted by Gasteiger charge is -2.27. The maximum absolute atomic E-state index is 13.0. The fourth-order valence-corrected chi connectivity index (χ4v) is 3.52. The average Bonchev–Trinajstić information content (AvgIpc) is 2.65. The van der Waals surface area contributed by atoms with E-state index in [-0.39, 0.29) is 18.2 Å². The fraction of sp³-hybridized carbons (Fsp3) is 0.600. The van der Waals surface area contributed by atoms with Gasteiger partial charge in [0.05, 0.1) is 5.02 Å². The molecule has 2 fully saturated rings. The van der Waals surface area contributed by atoms with E-state index in [1.165, 1.54) is 31.4 Å². The largest absolute Gasteiger partial charge is 0.491 e. The molecule has 118 valence electrons. The summed E-state index contributed by atoms with van der Waals surface area (Å²) in [5.74, 6) is 0.229. The summed E-state index contributed by atoms with van der Waals surface area (Å²) >= 11 is 5.96. The van der Waals surface area contributed by atoms with Crippen LogP contribution in [0.1, 0.15) is 19.3 Å². The Morgan fingerprint density at radius 3 is 2.90 bits per heavy atom. The zero-order valence-electron chi connectivity index (χ0n) is 11.9. The summed E-state index contributed by atoms with van der Waals surface area (Å²) in [4.78, 5) is 2.55. The van der Waals surface area contributed by atoms with Crippen LogP contribution in [0.2, 0.25) is 5.02 Å². The summed E-state index contributed by atoms with van der Waals surface area (Å²) in [5.41, 5.74) is 0. The second-order valence-corrected chi connectivity index (χ2v) is 5.95. The molecule has 2 aliphatic heterocycles. The quantitative estimate of drug-likeness (QED) is 0.915. The molecule has 1 aromatic rings. The molecule has 0 saturated carbocycles. The van der Waals surface area contributed by atoms with Crippen molar-refractivity contribution in [3.05, 3.63) is 29.0 Å². The van der Waals surface area contributed by atoms with Crippen molar-refractivity contribution in [1.29, 1.82) is 0 Å². The van der Waals surface area contributed by atoms with Gasteiger partial charge in [-0.3, -0.25) is 4.90 Å². The first-order chi connectivity index (χ1) is 9.74. The van der Waals surface area contributed by atoms with Crippen LogP contribution in [0, 0.1) is 5.82 Å². The number of nitrogens with zero attached hydrogens (tertiary/aromatic N) is 1. The first kappa shape index (κ1) is 16.8. The lowest BCUT2D eigenvalue weighted by atomic mass is 10.1. The molecule has 2 bridgehead atoms. The molecule has 2 heterocycles. The summed E-state index contributed by atoms with van der Waals surface area (Å²) in [7, 11) is 0. The van der Waals surface area contributed by atoms with Crippen LogP contribution in [0.3, 0.4) is 0 Å². The van der Waals surface area contributed by atoms with Gasteiger partial charge in [-0.15, -0.1) is 12.4 Å². The number of rotatable bonds is 4. The Balaban J connectivity index is 0.00000161. The minimum Gasteiger partial charge on any atom is -0.491 e. The van der Waals surface area contributed by atoms with E-state index in [0.717, 1.165) is 19.6 Å². The van der Waals surface area contributed by atoms with Crippen LogP contribution in [0.5, 0.6) is 5.75 Å². The lowest BCUT2D eigenvalue weighted by Crippen LogP contribution is -2.40. The first-order valence-corrected chi connectivity index (χ1v) is 7.66. The van der Waals surface area contributed by atoms with Gasteiger partial charge in [0.2, 0.25) is 0 Å². The Morgan fingerprint density at radius 2 is 2.10 bits per heavy atom. The molecular formula is C15H21Cl2FN2O. The minimum absolute atomic E-state index is 0. The van der Waals surface area contributed by atoms with Gasteiger partial charge < -0.3 is 10.1 Å². The average molecular weight is 335 g/mol.